The van der Waals surface area contributed by atoms with E-state index in [0.29, 0.717) is 59.9 Å². The molecule has 1 fully saturated rings. The molecule has 0 radical (unpaired) electrons. The number of anilines is 1. The second kappa shape index (κ2) is 10.4. The van der Waals surface area contributed by atoms with Crippen molar-refractivity contribution in [1.82, 2.24) is 24.7 Å². The summed E-state index contributed by atoms with van der Waals surface area (Å²) in [6.07, 6.45) is 3.23. The van der Waals surface area contributed by atoms with E-state index in [9.17, 15) is 12.8 Å². The third-order valence-corrected chi connectivity index (χ3v) is 8.48. The van der Waals surface area contributed by atoms with Crippen LogP contribution < -0.4 is 14.4 Å². The highest BCUT2D eigenvalue weighted by Gasteiger charge is 2.34. The molecule has 4 heterocycles. The Morgan fingerprint density at radius 3 is 2.42 bits per heavy atom. The van der Waals surface area contributed by atoms with Gasteiger partial charge in [-0.05, 0) is 44.0 Å². The molecule has 0 amide bonds. The molecule has 1 aliphatic heterocycles. The van der Waals surface area contributed by atoms with E-state index in [1.807, 2.05) is 0 Å². The fourth-order valence-corrected chi connectivity index (χ4v) is 6.31. The number of hydrogen-bond donors (Lipinski definition) is 0. The van der Waals surface area contributed by atoms with Gasteiger partial charge >= 0.3 is 0 Å². The predicted molar refractivity (Wildman–Crippen MR) is 137 cm³/mol. The third kappa shape index (κ3) is 4.93. The normalized spacial score (nSPS) is 16.0. The molecule has 1 aliphatic rings. The lowest BCUT2D eigenvalue weighted by molar-refractivity contribution is 0.390. The van der Waals surface area contributed by atoms with Crippen molar-refractivity contribution < 1.29 is 26.7 Å². The summed E-state index contributed by atoms with van der Waals surface area (Å²) >= 11 is 0. The maximum absolute atomic E-state index is 13.7. The van der Waals surface area contributed by atoms with Crippen LogP contribution in [0.1, 0.15) is 24.4 Å². The summed E-state index contributed by atoms with van der Waals surface area (Å²) in [7, 11) is -0.690. The van der Waals surface area contributed by atoms with Gasteiger partial charge in [0.1, 0.15) is 28.7 Å². The first kappa shape index (κ1) is 25.6. The van der Waals surface area contributed by atoms with Crippen LogP contribution in [0.15, 0.2) is 47.1 Å². The Labute approximate surface area is 219 Å². The van der Waals surface area contributed by atoms with Crippen LogP contribution in [0, 0.1) is 12.7 Å². The number of aryl methyl sites for hydroxylation is 1. The summed E-state index contributed by atoms with van der Waals surface area (Å²) in [5.74, 6) is 1.85. The van der Waals surface area contributed by atoms with E-state index in [2.05, 4.69) is 20.2 Å². The van der Waals surface area contributed by atoms with Gasteiger partial charge in [0.2, 0.25) is 11.8 Å². The second-order valence-electron chi connectivity index (χ2n) is 8.92. The van der Waals surface area contributed by atoms with Gasteiger partial charge in [0.05, 0.1) is 31.9 Å². The highest BCUT2D eigenvalue weighted by atomic mass is 32.2. The van der Waals surface area contributed by atoms with Crippen molar-refractivity contribution in [2.75, 3.05) is 32.2 Å². The Balaban J connectivity index is 1.54. The molecule has 0 unspecified atom stereocenters. The van der Waals surface area contributed by atoms with E-state index in [1.54, 1.807) is 46.7 Å². The first-order chi connectivity index (χ1) is 18.3. The van der Waals surface area contributed by atoms with Gasteiger partial charge in [-0.25, -0.2) is 22.8 Å². The van der Waals surface area contributed by atoms with Crippen molar-refractivity contribution in [2.45, 2.75) is 30.8 Å². The standard InChI is InChI=1S/C25H27FN6O5S/c1-16-9-10-21(37-16)24-30-29-22(32(24)23-19(35-2)7-4-8-20(23)36-3)15-38(33,34)18-6-5-11-31(14-18)25-27-12-17(26)13-28-25/h4,7-10,12-13,18H,5-6,11,14-15H2,1-3H3/t18-/m1/s1. The monoisotopic (exact) mass is 542 g/mol. The first-order valence-corrected chi connectivity index (χ1v) is 13.7. The number of rotatable bonds is 8. The number of hydrogen-bond acceptors (Lipinski definition) is 10. The van der Waals surface area contributed by atoms with Crippen molar-refractivity contribution in [3.8, 4) is 28.8 Å². The molecule has 1 aromatic carbocycles. The summed E-state index contributed by atoms with van der Waals surface area (Å²) in [4.78, 5) is 9.79. The molecule has 3 aromatic heterocycles. The average molecular weight is 543 g/mol. The Kier molecular flexibility index (Phi) is 7.02. The Hall–Kier alpha value is -4.00. The van der Waals surface area contributed by atoms with Crippen molar-refractivity contribution >= 4 is 15.8 Å². The van der Waals surface area contributed by atoms with E-state index >= 15 is 0 Å². The van der Waals surface area contributed by atoms with E-state index < -0.39 is 20.9 Å². The topological polar surface area (TPSA) is 125 Å². The van der Waals surface area contributed by atoms with Crippen molar-refractivity contribution in [1.29, 1.82) is 0 Å². The number of benzene rings is 1. The van der Waals surface area contributed by atoms with E-state index in [-0.39, 0.29) is 18.1 Å². The Morgan fingerprint density at radius 1 is 1.08 bits per heavy atom. The number of furan rings is 1. The van der Waals surface area contributed by atoms with Crippen molar-refractivity contribution in [3.05, 3.63) is 60.1 Å². The van der Waals surface area contributed by atoms with Crippen LogP contribution in [0.25, 0.3) is 17.3 Å². The van der Waals surface area contributed by atoms with Gasteiger partial charge in [0.15, 0.2) is 27.2 Å². The van der Waals surface area contributed by atoms with Gasteiger partial charge in [0.25, 0.3) is 0 Å². The zero-order valence-electron chi connectivity index (χ0n) is 21.2. The van der Waals surface area contributed by atoms with Gasteiger partial charge in [-0.2, -0.15) is 0 Å². The van der Waals surface area contributed by atoms with Crippen LogP contribution in [-0.2, 0) is 15.6 Å². The quantitative estimate of drug-likeness (QED) is 0.327. The molecule has 5 rings (SSSR count). The molecule has 0 saturated carbocycles. The number of methoxy groups -OCH3 is 2. The number of piperidine rings is 1. The summed E-state index contributed by atoms with van der Waals surface area (Å²) in [5.41, 5.74) is 0.460. The van der Waals surface area contributed by atoms with Gasteiger partial charge in [-0.3, -0.25) is 4.57 Å². The van der Waals surface area contributed by atoms with Crippen molar-refractivity contribution in [3.63, 3.8) is 0 Å². The minimum Gasteiger partial charge on any atom is -0.494 e. The lowest BCUT2D eigenvalue weighted by atomic mass is 10.1. The largest absolute Gasteiger partial charge is 0.494 e. The number of nitrogens with zero attached hydrogens (tertiary/aromatic N) is 6. The van der Waals surface area contributed by atoms with Crippen LogP contribution in [0.4, 0.5) is 10.3 Å². The molecular formula is C25H27FN6O5S. The average Bonchev–Trinajstić information content (AvgIpc) is 3.54. The lowest BCUT2D eigenvalue weighted by Gasteiger charge is -2.32. The number of para-hydroxylation sites is 1. The second-order valence-corrected chi connectivity index (χ2v) is 11.2. The number of ether oxygens (including phenoxy) is 2. The molecule has 1 saturated heterocycles. The fraction of sp³-hybridized carbons (Fsp3) is 0.360. The molecule has 1 atom stereocenters. The summed E-state index contributed by atoms with van der Waals surface area (Å²) in [6.45, 7) is 2.57. The molecule has 13 heteroatoms. The molecule has 0 bridgehead atoms. The van der Waals surface area contributed by atoms with Crippen LogP contribution >= 0.6 is 0 Å². The summed E-state index contributed by atoms with van der Waals surface area (Å²) < 4.78 is 59.4. The highest BCUT2D eigenvalue weighted by molar-refractivity contribution is 7.91. The Morgan fingerprint density at radius 2 is 1.79 bits per heavy atom. The zero-order chi connectivity index (χ0) is 26.9. The number of aromatic nitrogens is 5. The SMILES string of the molecule is COc1cccc(OC)c1-n1c(CS(=O)(=O)[C@@H]2CCCN(c3ncc(F)cn3)C2)nnc1-c1ccc(C)o1. The third-order valence-electron chi connectivity index (χ3n) is 6.42. The molecule has 11 nitrogen and oxygen atoms in total. The minimum atomic E-state index is -3.73. The maximum atomic E-state index is 13.7. The summed E-state index contributed by atoms with van der Waals surface area (Å²) in [5, 5.41) is 7.88. The van der Waals surface area contributed by atoms with Crippen LogP contribution in [0.3, 0.4) is 0 Å². The highest BCUT2D eigenvalue weighted by Crippen LogP contribution is 2.37. The van der Waals surface area contributed by atoms with E-state index in [4.69, 9.17) is 13.9 Å². The van der Waals surface area contributed by atoms with Crippen LogP contribution in [0.2, 0.25) is 0 Å². The number of sulfone groups is 1. The smallest absolute Gasteiger partial charge is 0.225 e. The fourth-order valence-electron chi connectivity index (χ4n) is 4.59. The molecule has 0 N–H and O–H groups in total. The molecule has 0 spiro atoms. The molecule has 38 heavy (non-hydrogen) atoms. The van der Waals surface area contributed by atoms with Gasteiger partial charge < -0.3 is 18.8 Å². The van der Waals surface area contributed by atoms with Crippen LogP contribution in [-0.4, -0.2) is 65.7 Å². The van der Waals surface area contributed by atoms with Gasteiger partial charge in [-0.1, -0.05) is 6.07 Å². The van der Waals surface area contributed by atoms with Gasteiger partial charge in [0, 0.05) is 13.1 Å². The first-order valence-electron chi connectivity index (χ1n) is 12.0. The maximum Gasteiger partial charge on any atom is 0.225 e. The van der Waals surface area contributed by atoms with Gasteiger partial charge in [-0.15, -0.1) is 10.2 Å². The predicted octanol–water partition coefficient (Wildman–Crippen LogP) is 3.37. The van der Waals surface area contributed by atoms with Crippen LogP contribution in [0.5, 0.6) is 11.5 Å². The van der Waals surface area contributed by atoms with E-state index in [0.717, 1.165) is 12.4 Å². The molecule has 200 valence electrons. The Bertz CT molecular complexity index is 1510. The molecule has 0 aliphatic carbocycles. The zero-order valence-corrected chi connectivity index (χ0v) is 22.0. The lowest BCUT2D eigenvalue weighted by Crippen LogP contribution is -2.43. The molecular weight excluding hydrogens is 515 g/mol. The number of halogens is 1. The van der Waals surface area contributed by atoms with E-state index in [1.165, 1.54) is 14.2 Å². The molecule has 4 aromatic rings. The van der Waals surface area contributed by atoms with Crippen molar-refractivity contribution in [2.24, 2.45) is 0 Å². The minimum absolute atomic E-state index is 0.185. The summed E-state index contributed by atoms with van der Waals surface area (Å²) in [6, 6.07) is 8.80.